The molecule has 0 aromatic heterocycles. The molecule has 368 valence electrons. The van der Waals surface area contributed by atoms with Gasteiger partial charge in [0.25, 0.3) is 0 Å². The highest BCUT2D eigenvalue weighted by Crippen LogP contribution is 2.72. The molecule has 64 heavy (non-hydrogen) atoms. The lowest BCUT2D eigenvalue weighted by atomic mass is 9.40. The fourth-order valence-electron chi connectivity index (χ4n) is 13.5. The third-order valence-electron chi connectivity index (χ3n) is 17.8. The Bertz CT molecular complexity index is 1670. The fraction of sp³-hybridized carbons (Fsp3) is 0.936. The van der Waals surface area contributed by atoms with E-state index in [4.69, 9.17) is 47.4 Å². The predicted octanol–water partition coefficient (Wildman–Crippen LogP) is 2.80. The Balaban J connectivity index is 0.959. The molecule has 7 fully saturated rings. The maximum Gasteiger partial charge on any atom is 0.333 e. The molecule has 17 nitrogen and oxygen atoms in total. The van der Waals surface area contributed by atoms with Crippen LogP contribution in [0.4, 0.5) is 0 Å². The van der Waals surface area contributed by atoms with Crippen molar-refractivity contribution in [3.8, 4) is 0 Å². The van der Waals surface area contributed by atoms with Crippen molar-refractivity contribution >= 4 is 5.97 Å². The van der Waals surface area contributed by atoms with Gasteiger partial charge in [-0.2, -0.15) is 0 Å². The highest BCUT2D eigenvalue weighted by molar-refractivity contribution is 5.87. The van der Waals surface area contributed by atoms with Crippen molar-refractivity contribution in [2.45, 2.75) is 235 Å². The standard InChI is InChI=1S/C47H78O17/c1-12-23(2)41(51)61-27(6)45(52)17-18-47(54)44(45,8)33(48)22-32-43(7)15-14-29(19-28(43)13-16-46(32,47)53)62-34-20-30(55-9)38(25(4)58-34)63-35-21-31(56-10)39(26(5)59-35)64-42-37(50)40(57-11)36(49)24(3)60-42/h12,24-40,42,48-50,52-54H,13-22H2,1-11H3/b23-12+/t24-,25-,26-,27+,28+,29+,30+,31-,32-,33-,34+,35+,36-,37-,38-,39-,40+,42+,43+,44-,45-,46+,47-/m1/s1. The number of hydrogen-bond acceptors (Lipinski definition) is 17. The first kappa shape index (κ1) is 50.5. The summed E-state index contributed by atoms with van der Waals surface area (Å²) in [6, 6.07) is 0. The van der Waals surface area contributed by atoms with Gasteiger partial charge in [0.1, 0.15) is 47.8 Å². The molecular weight excluding hydrogens is 837 g/mol. The number of esters is 1. The van der Waals surface area contributed by atoms with E-state index in [1.165, 1.54) is 7.11 Å². The van der Waals surface area contributed by atoms with Gasteiger partial charge in [-0.25, -0.2) is 4.79 Å². The smallest absolute Gasteiger partial charge is 0.333 e. The number of aliphatic hydroxyl groups excluding tert-OH is 3. The largest absolute Gasteiger partial charge is 0.456 e. The van der Waals surface area contributed by atoms with E-state index in [0.29, 0.717) is 50.5 Å². The highest BCUT2D eigenvalue weighted by Gasteiger charge is 2.81. The van der Waals surface area contributed by atoms with Gasteiger partial charge in [-0.3, -0.25) is 0 Å². The third kappa shape index (κ3) is 8.14. The van der Waals surface area contributed by atoms with Crippen LogP contribution >= 0.6 is 0 Å². The van der Waals surface area contributed by atoms with Crippen LogP contribution in [0.1, 0.15) is 120 Å². The van der Waals surface area contributed by atoms with Crippen LogP contribution in [0, 0.1) is 22.7 Å². The number of allylic oxidation sites excluding steroid dienone is 1. The molecule has 17 heteroatoms. The Morgan fingerprint density at radius 1 is 0.719 bits per heavy atom. The lowest BCUT2D eigenvalue weighted by Gasteiger charge is -2.69. The minimum atomic E-state index is -1.83. The van der Waals surface area contributed by atoms with E-state index in [1.54, 1.807) is 54.9 Å². The minimum Gasteiger partial charge on any atom is -0.456 e. The molecule has 7 aliphatic rings. The summed E-state index contributed by atoms with van der Waals surface area (Å²) in [4.78, 5) is 12.8. The van der Waals surface area contributed by atoms with E-state index in [2.05, 4.69) is 6.92 Å². The first-order valence-corrected chi connectivity index (χ1v) is 23.6. The molecule has 3 heterocycles. The van der Waals surface area contributed by atoms with Crippen molar-refractivity contribution < 1.29 is 82.8 Å². The Hall–Kier alpha value is -1.39. The average Bonchev–Trinajstić information content (AvgIpc) is 3.49. The van der Waals surface area contributed by atoms with Gasteiger partial charge in [-0.1, -0.05) is 19.9 Å². The molecule has 4 aliphatic carbocycles. The van der Waals surface area contributed by atoms with Crippen LogP contribution in [-0.2, 0) is 52.2 Å². The van der Waals surface area contributed by atoms with Gasteiger partial charge < -0.3 is 78.0 Å². The van der Waals surface area contributed by atoms with Crippen LogP contribution in [0.3, 0.4) is 0 Å². The minimum absolute atomic E-state index is 0.0553. The van der Waals surface area contributed by atoms with Crippen LogP contribution in [0.25, 0.3) is 0 Å². The molecule has 0 aromatic carbocycles. The van der Waals surface area contributed by atoms with Crippen molar-refractivity contribution in [2.24, 2.45) is 22.7 Å². The second-order valence-electron chi connectivity index (χ2n) is 20.7. The maximum absolute atomic E-state index is 12.8. The quantitative estimate of drug-likeness (QED) is 0.0940. The molecule has 0 aromatic rings. The summed E-state index contributed by atoms with van der Waals surface area (Å²) in [5.74, 6) is -0.890. The van der Waals surface area contributed by atoms with Crippen LogP contribution in [0.15, 0.2) is 11.6 Å². The number of hydrogen-bond donors (Lipinski definition) is 6. The van der Waals surface area contributed by atoms with Crippen molar-refractivity contribution in [3.05, 3.63) is 11.6 Å². The van der Waals surface area contributed by atoms with Gasteiger partial charge >= 0.3 is 5.97 Å². The number of methoxy groups -OCH3 is 3. The molecule has 23 atom stereocenters. The van der Waals surface area contributed by atoms with Gasteiger partial charge in [0.05, 0.1) is 53.7 Å². The van der Waals surface area contributed by atoms with Gasteiger partial charge in [-0.15, -0.1) is 0 Å². The molecule has 0 unspecified atom stereocenters. The van der Waals surface area contributed by atoms with Crippen molar-refractivity contribution in [1.29, 1.82) is 0 Å². The van der Waals surface area contributed by atoms with Gasteiger partial charge in [0, 0.05) is 39.7 Å². The summed E-state index contributed by atoms with van der Waals surface area (Å²) in [7, 11) is 4.63. The highest BCUT2D eigenvalue weighted by atomic mass is 16.8. The molecule has 7 rings (SSSR count). The second kappa shape index (κ2) is 18.8. The van der Waals surface area contributed by atoms with Crippen LogP contribution in [0.5, 0.6) is 0 Å². The molecule has 3 aliphatic heterocycles. The Morgan fingerprint density at radius 2 is 1.33 bits per heavy atom. The Morgan fingerprint density at radius 3 is 1.92 bits per heavy atom. The number of rotatable bonds is 12. The summed E-state index contributed by atoms with van der Waals surface area (Å²) in [6.07, 6.45) is -5.69. The van der Waals surface area contributed by atoms with E-state index in [1.807, 2.05) is 13.8 Å². The van der Waals surface area contributed by atoms with E-state index >= 15 is 0 Å². The number of fused-ring (bicyclic) bond motifs is 5. The summed E-state index contributed by atoms with van der Waals surface area (Å²) in [5, 5.41) is 71.3. The summed E-state index contributed by atoms with van der Waals surface area (Å²) in [6.45, 7) is 14.2. The molecular formula is C47H78O17. The van der Waals surface area contributed by atoms with E-state index in [-0.39, 0.29) is 37.4 Å². The molecule has 0 bridgehead atoms. The van der Waals surface area contributed by atoms with Gasteiger partial charge in [0.2, 0.25) is 0 Å². The number of carbonyl (C=O) groups excluding carboxylic acids is 1. The fourth-order valence-corrected chi connectivity index (χ4v) is 13.5. The second-order valence-corrected chi connectivity index (χ2v) is 20.7. The number of aliphatic hydroxyl groups is 6. The zero-order valence-corrected chi connectivity index (χ0v) is 39.7. The van der Waals surface area contributed by atoms with Gasteiger partial charge in [0.15, 0.2) is 18.9 Å². The van der Waals surface area contributed by atoms with Crippen molar-refractivity contribution in [1.82, 2.24) is 0 Å². The van der Waals surface area contributed by atoms with Crippen molar-refractivity contribution in [2.75, 3.05) is 21.3 Å². The third-order valence-corrected chi connectivity index (χ3v) is 17.8. The lowest BCUT2D eigenvalue weighted by Crippen LogP contribution is -2.79. The number of ether oxygens (including phenoxy) is 10. The SMILES string of the molecule is C/C=C(\C)C(=O)O[C@@H](C)[C@]1(O)CC[C@@]2(O)[C@]1(C)[C@H](O)C[C@@H]1[C@@]3(C)CC[C@H](O[C@H]4C[C@H](OC)[C@H](O[C@H]5C[C@@H](OC)[C@H](O[C@@H]6O[C@H](C)[C@@H](O)[C@H](OC)[C@H]6O)[C@@H](C)O5)[C@@H](C)O4)C[C@@H]3CC[C@]12O. The molecule has 0 spiro atoms. The molecule has 0 amide bonds. The average molecular weight is 915 g/mol. The van der Waals surface area contributed by atoms with E-state index < -0.39 is 126 Å². The normalized spacial score (nSPS) is 52.6. The topological polar surface area (TPSA) is 231 Å². The summed E-state index contributed by atoms with van der Waals surface area (Å²) in [5.41, 5.74) is -6.81. The van der Waals surface area contributed by atoms with Crippen LogP contribution in [0.2, 0.25) is 0 Å². The van der Waals surface area contributed by atoms with Crippen molar-refractivity contribution in [3.63, 3.8) is 0 Å². The molecule has 6 N–H and O–H groups in total. The monoisotopic (exact) mass is 915 g/mol. The first-order valence-electron chi connectivity index (χ1n) is 23.6. The van der Waals surface area contributed by atoms with Crippen LogP contribution < -0.4 is 0 Å². The maximum atomic E-state index is 12.8. The van der Waals surface area contributed by atoms with E-state index in [9.17, 15) is 35.4 Å². The summed E-state index contributed by atoms with van der Waals surface area (Å²) < 4.78 is 61.1. The predicted molar refractivity (Wildman–Crippen MR) is 227 cm³/mol. The van der Waals surface area contributed by atoms with Crippen LogP contribution in [-0.4, -0.2) is 173 Å². The Kier molecular flexibility index (Phi) is 14.9. The van der Waals surface area contributed by atoms with E-state index in [0.717, 1.165) is 0 Å². The molecule has 0 radical (unpaired) electrons. The summed E-state index contributed by atoms with van der Waals surface area (Å²) >= 11 is 0. The zero-order valence-electron chi connectivity index (χ0n) is 39.7. The zero-order chi connectivity index (χ0) is 46.9. The number of carbonyl (C=O) groups is 1. The first-order chi connectivity index (χ1) is 30.1. The lowest BCUT2D eigenvalue weighted by molar-refractivity contribution is -0.353. The van der Waals surface area contributed by atoms with Gasteiger partial charge in [-0.05, 0) is 110 Å². The Labute approximate surface area is 378 Å². The molecule has 3 saturated heterocycles. The molecule has 4 saturated carbocycles.